The minimum absolute atomic E-state index is 0.0734. The molecule has 0 atom stereocenters. The molecule has 0 spiro atoms. The molecule has 0 aliphatic heterocycles. The van der Waals surface area contributed by atoms with Crippen molar-refractivity contribution >= 4 is 15.9 Å². The predicted molar refractivity (Wildman–Crippen MR) is 61.2 cm³/mol. The maximum Gasteiger partial charge on any atom is 0.233 e. The van der Waals surface area contributed by atoms with Gasteiger partial charge in [0.1, 0.15) is 0 Å². The first-order valence-corrected chi connectivity index (χ1v) is 7.19. The van der Waals surface area contributed by atoms with Crippen LogP contribution < -0.4 is 15.8 Å². The van der Waals surface area contributed by atoms with Crippen molar-refractivity contribution in [1.29, 1.82) is 0 Å². The van der Waals surface area contributed by atoms with E-state index in [1.165, 1.54) is 12.8 Å². The van der Waals surface area contributed by atoms with E-state index in [1.807, 2.05) is 0 Å². The van der Waals surface area contributed by atoms with Crippen LogP contribution in [0, 0.1) is 0 Å². The summed E-state index contributed by atoms with van der Waals surface area (Å²) in [5.74, 6) is -0.405. The first-order chi connectivity index (χ1) is 7.47. The van der Waals surface area contributed by atoms with E-state index < -0.39 is 10.0 Å². The zero-order chi connectivity index (χ0) is 12.0. The maximum absolute atomic E-state index is 11.3. The quantitative estimate of drug-likeness (QED) is 0.557. The van der Waals surface area contributed by atoms with Crippen molar-refractivity contribution in [2.45, 2.75) is 31.7 Å². The van der Waals surface area contributed by atoms with Gasteiger partial charge >= 0.3 is 0 Å². The maximum atomic E-state index is 11.3. The molecule has 0 heterocycles. The van der Waals surface area contributed by atoms with Gasteiger partial charge in [0.2, 0.25) is 15.9 Å². The van der Waals surface area contributed by atoms with Gasteiger partial charge in [-0.15, -0.1) is 0 Å². The minimum Gasteiger partial charge on any atom is -0.354 e. The van der Waals surface area contributed by atoms with E-state index in [9.17, 15) is 13.2 Å². The molecular formula is C9H19N3O3S. The Morgan fingerprint density at radius 1 is 1.31 bits per heavy atom. The molecule has 7 heteroatoms. The van der Waals surface area contributed by atoms with E-state index >= 15 is 0 Å². The van der Waals surface area contributed by atoms with E-state index in [0.717, 1.165) is 12.8 Å². The van der Waals surface area contributed by atoms with E-state index in [4.69, 9.17) is 5.14 Å². The molecule has 94 valence electrons. The van der Waals surface area contributed by atoms with Gasteiger partial charge in [-0.05, 0) is 12.8 Å². The van der Waals surface area contributed by atoms with Crippen LogP contribution in [0.1, 0.15) is 25.7 Å². The Morgan fingerprint density at radius 3 is 2.50 bits per heavy atom. The number of nitrogens with two attached hydrogens (primary N) is 1. The third-order valence-electron chi connectivity index (χ3n) is 2.62. The van der Waals surface area contributed by atoms with Crippen LogP contribution in [0.3, 0.4) is 0 Å². The number of hydrogen-bond donors (Lipinski definition) is 3. The minimum atomic E-state index is -3.49. The molecule has 6 nitrogen and oxygen atoms in total. The van der Waals surface area contributed by atoms with Gasteiger partial charge in [0.15, 0.2) is 0 Å². The Hall–Kier alpha value is -0.660. The third kappa shape index (κ3) is 6.04. The average molecular weight is 249 g/mol. The Bertz CT molecular complexity index is 323. The fraction of sp³-hybridized carbons (Fsp3) is 0.889. The summed E-state index contributed by atoms with van der Waals surface area (Å²) < 4.78 is 21.2. The second kappa shape index (κ2) is 6.17. The highest BCUT2D eigenvalue weighted by atomic mass is 32.2. The molecule has 0 aromatic carbocycles. The summed E-state index contributed by atoms with van der Waals surface area (Å²) in [5.41, 5.74) is 0. The molecule has 1 saturated carbocycles. The lowest BCUT2D eigenvalue weighted by atomic mass is 10.2. The number of hydrogen-bond acceptors (Lipinski definition) is 4. The molecule has 1 rings (SSSR count). The van der Waals surface area contributed by atoms with Crippen LogP contribution in [-0.2, 0) is 14.8 Å². The Balaban J connectivity index is 2.06. The van der Waals surface area contributed by atoms with Crippen molar-refractivity contribution in [2.24, 2.45) is 5.14 Å². The summed E-state index contributed by atoms with van der Waals surface area (Å²) in [6.45, 7) is 0.319. The topological polar surface area (TPSA) is 101 Å². The molecular weight excluding hydrogens is 230 g/mol. The van der Waals surface area contributed by atoms with Gasteiger partial charge < -0.3 is 10.6 Å². The molecule has 1 amide bonds. The molecule has 0 unspecified atom stereocenters. The van der Waals surface area contributed by atoms with Crippen molar-refractivity contribution in [2.75, 3.05) is 18.8 Å². The number of nitrogens with one attached hydrogen (secondary N) is 2. The van der Waals surface area contributed by atoms with E-state index in [-0.39, 0.29) is 24.7 Å². The van der Waals surface area contributed by atoms with Crippen molar-refractivity contribution < 1.29 is 13.2 Å². The normalized spacial score (nSPS) is 17.6. The zero-order valence-electron chi connectivity index (χ0n) is 9.24. The fourth-order valence-electron chi connectivity index (χ4n) is 1.76. The molecule has 0 aromatic rings. The summed E-state index contributed by atoms with van der Waals surface area (Å²) >= 11 is 0. The number of carbonyl (C=O) groups is 1. The number of primary sulfonamides is 1. The molecule has 1 aliphatic carbocycles. The largest absolute Gasteiger partial charge is 0.354 e. The van der Waals surface area contributed by atoms with Gasteiger partial charge in [-0.2, -0.15) is 0 Å². The standard InChI is InChI=1S/C9H19N3O3S/c10-16(14,15)6-5-11-9(13)7-12-8-3-1-2-4-8/h8,12H,1-7H2,(H,11,13)(H2,10,14,15). The highest BCUT2D eigenvalue weighted by molar-refractivity contribution is 7.89. The van der Waals surface area contributed by atoms with Crippen molar-refractivity contribution in [3.8, 4) is 0 Å². The summed E-state index contributed by atoms with van der Waals surface area (Å²) in [6.07, 6.45) is 4.66. The Morgan fingerprint density at radius 2 is 1.94 bits per heavy atom. The predicted octanol–water partition coefficient (Wildman–Crippen LogP) is -1.08. The fourth-order valence-corrected chi connectivity index (χ4v) is 2.15. The third-order valence-corrected chi connectivity index (χ3v) is 3.39. The van der Waals surface area contributed by atoms with E-state index in [1.54, 1.807) is 0 Å². The van der Waals surface area contributed by atoms with Gasteiger partial charge in [-0.25, -0.2) is 13.6 Å². The van der Waals surface area contributed by atoms with Crippen LogP contribution in [0.25, 0.3) is 0 Å². The van der Waals surface area contributed by atoms with Crippen LogP contribution in [0.2, 0.25) is 0 Å². The lowest BCUT2D eigenvalue weighted by Gasteiger charge is -2.11. The Kier molecular flexibility index (Phi) is 5.17. The molecule has 1 aliphatic rings. The second-order valence-corrected chi connectivity index (χ2v) is 5.81. The lowest BCUT2D eigenvalue weighted by Crippen LogP contribution is -2.40. The van der Waals surface area contributed by atoms with Crippen LogP contribution >= 0.6 is 0 Å². The zero-order valence-corrected chi connectivity index (χ0v) is 10.1. The number of sulfonamides is 1. The summed E-state index contributed by atoms with van der Waals surface area (Å²) in [4.78, 5) is 11.3. The average Bonchev–Trinajstić information content (AvgIpc) is 2.65. The van der Waals surface area contributed by atoms with Crippen LogP contribution in [0.5, 0.6) is 0 Å². The van der Waals surface area contributed by atoms with E-state index in [0.29, 0.717) is 6.04 Å². The van der Waals surface area contributed by atoms with Crippen molar-refractivity contribution in [1.82, 2.24) is 10.6 Å². The number of amides is 1. The van der Waals surface area contributed by atoms with Gasteiger partial charge in [-0.3, -0.25) is 4.79 Å². The smallest absolute Gasteiger partial charge is 0.233 e. The Labute approximate surface area is 96.0 Å². The van der Waals surface area contributed by atoms with Crippen LogP contribution in [0.15, 0.2) is 0 Å². The lowest BCUT2D eigenvalue weighted by molar-refractivity contribution is -0.120. The molecule has 0 bridgehead atoms. The summed E-state index contributed by atoms with van der Waals surface area (Å²) in [7, 11) is -3.49. The first kappa shape index (κ1) is 13.4. The van der Waals surface area contributed by atoms with Gasteiger partial charge in [0.05, 0.1) is 12.3 Å². The molecule has 0 aromatic heterocycles. The van der Waals surface area contributed by atoms with Crippen molar-refractivity contribution in [3.05, 3.63) is 0 Å². The highest BCUT2D eigenvalue weighted by Crippen LogP contribution is 2.16. The molecule has 16 heavy (non-hydrogen) atoms. The summed E-state index contributed by atoms with van der Waals surface area (Å²) in [6, 6.07) is 0.434. The number of carbonyl (C=O) groups excluding carboxylic acids is 1. The van der Waals surface area contributed by atoms with E-state index in [2.05, 4.69) is 10.6 Å². The van der Waals surface area contributed by atoms with Crippen LogP contribution in [0.4, 0.5) is 0 Å². The van der Waals surface area contributed by atoms with Gasteiger partial charge in [0.25, 0.3) is 0 Å². The second-order valence-electron chi connectivity index (χ2n) is 4.08. The summed E-state index contributed by atoms with van der Waals surface area (Å²) in [5, 5.41) is 10.4. The molecule has 0 radical (unpaired) electrons. The molecule has 1 fully saturated rings. The SMILES string of the molecule is NS(=O)(=O)CCNC(=O)CNC1CCCC1. The molecule has 4 N–H and O–H groups in total. The first-order valence-electron chi connectivity index (χ1n) is 5.48. The highest BCUT2D eigenvalue weighted by Gasteiger charge is 2.15. The van der Waals surface area contributed by atoms with Gasteiger partial charge in [-0.1, -0.05) is 12.8 Å². The molecule has 0 saturated heterocycles. The monoisotopic (exact) mass is 249 g/mol. The van der Waals surface area contributed by atoms with Crippen LogP contribution in [-0.4, -0.2) is 39.2 Å². The van der Waals surface area contributed by atoms with Gasteiger partial charge in [0, 0.05) is 12.6 Å². The number of rotatable bonds is 6. The van der Waals surface area contributed by atoms with Crippen molar-refractivity contribution in [3.63, 3.8) is 0 Å².